The van der Waals surface area contributed by atoms with Crippen LogP contribution in [0, 0.1) is 19.8 Å². The number of hydrogen-bond acceptors (Lipinski definition) is 4. The maximum Gasteiger partial charge on any atom is 0.213 e. The largest absolute Gasteiger partial charge is 0.308 e. The van der Waals surface area contributed by atoms with Gasteiger partial charge in [0.15, 0.2) is 0 Å². The Labute approximate surface area is 171 Å². The van der Waals surface area contributed by atoms with E-state index in [1.165, 1.54) is 34.5 Å². The summed E-state index contributed by atoms with van der Waals surface area (Å²) < 4.78 is 13.7. The lowest BCUT2D eigenvalue weighted by Crippen LogP contribution is -2.43. The van der Waals surface area contributed by atoms with Crippen molar-refractivity contribution in [3.8, 4) is 11.1 Å². The van der Waals surface area contributed by atoms with E-state index in [0.29, 0.717) is 6.04 Å². The van der Waals surface area contributed by atoms with Crippen molar-refractivity contribution in [2.45, 2.75) is 39.4 Å². The fourth-order valence-corrected chi connectivity index (χ4v) is 4.19. The second kappa shape index (κ2) is 8.39. The van der Waals surface area contributed by atoms with Crippen molar-refractivity contribution in [3.63, 3.8) is 0 Å². The zero-order valence-corrected chi connectivity index (χ0v) is 17.2. The highest BCUT2D eigenvalue weighted by atomic mass is 19.1. The number of nitrogens with one attached hydrogen (secondary N) is 1. The van der Waals surface area contributed by atoms with Crippen LogP contribution in [-0.4, -0.2) is 34.5 Å². The first-order valence-corrected chi connectivity index (χ1v) is 10.1. The van der Waals surface area contributed by atoms with Gasteiger partial charge in [0.2, 0.25) is 5.95 Å². The first-order valence-electron chi connectivity index (χ1n) is 10.1. The Balaban J connectivity index is 1.49. The molecule has 29 heavy (non-hydrogen) atoms. The molecule has 1 aromatic carbocycles. The summed E-state index contributed by atoms with van der Waals surface area (Å²) in [6, 6.07) is 12.2. The minimum absolute atomic E-state index is 0.339. The van der Waals surface area contributed by atoms with Gasteiger partial charge in [0.1, 0.15) is 0 Å². The van der Waals surface area contributed by atoms with Gasteiger partial charge >= 0.3 is 0 Å². The third kappa shape index (κ3) is 4.52. The normalized spacial score (nSPS) is 16.1. The van der Waals surface area contributed by atoms with Crippen molar-refractivity contribution >= 4 is 0 Å². The number of pyridine rings is 2. The lowest BCUT2D eigenvalue weighted by atomic mass is 9.88. The Kier molecular flexibility index (Phi) is 5.69. The minimum atomic E-state index is -0.439. The Morgan fingerprint density at radius 3 is 2.83 bits per heavy atom. The van der Waals surface area contributed by atoms with Gasteiger partial charge in [-0.2, -0.15) is 4.39 Å². The van der Waals surface area contributed by atoms with E-state index in [9.17, 15) is 4.39 Å². The summed E-state index contributed by atoms with van der Waals surface area (Å²) in [5.41, 5.74) is 8.15. The predicted octanol–water partition coefficient (Wildman–Crippen LogP) is 4.05. The van der Waals surface area contributed by atoms with Crippen LogP contribution in [0.1, 0.15) is 27.9 Å². The molecule has 4 rings (SSSR count). The van der Waals surface area contributed by atoms with Crippen molar-refractivity contribution in [1.29, 1.82) is 0 Å². The molecule has 0 unspecified atom stereocenters. The molecular formula is C24H27FN4. The van der Waals surface area contributed by atoms with E-state index in [-0.39, 0.29) is 0 Å². The zero-order valence-electron chi connectivity index (χ0n) is 17.2. The van der Waals surface area contributed by atoms with E-state index in [1.807, 2.05) is 18.3 Å². The molecule has 0 spiro atoms. The highest BCUT2D eigenvalue weighted by Gasteiger charge is 2.22. The van der Waals surface area contributed by atoms with Crippen molar-refractivity contribution in [3.05, 3.63) is 82.7 Å². The summed E-state index contributed by atoms with van der Waals surface area (Å²) in [7, 11) is 2.14. The van der Waals surface area contributed by atoms with Gasteiger partial charge in [0, 0.05) is 44.1 Å². The molecule has 1 atom stereocenters. The summed E-state index contributed by atoms with van der Waals surface area (Å²) in [5.74, 6) is -0.439. The van der Waals surface area contributed by atoms with Crippen LogP contribution in [0.15, 0.2) is 48.8 Å². The van der Waals surface area contributed by atoms with Crippen LogP contribution >= 0.6 is 0 Å². The highest BCUT2D eigenvalue weighted by molar-refractivity contribution is 5.69. The zero-order chi connectivity index (χ0) is 20.4. The molecule has 0 saturated heterocycles. The van der Waals surface area contributed by atoms with Crippen LogP contribution in [-0.2, 0) is 19.5 Å². The molecule has 0 amide bonds. The number of fused-ring (bicyclic) bond motifs is 1. The number of hydrogen-bond donors (Lipinski definition) is 1. The van der Waals surface area contributed by atoms with E-state index in [1.54, 1.807) is 0 Å². The van der Waals surface area contributed by atoms with Crippen molar-refractivity contribution in [2.75, 3.05) is 13.6 Å². The molecule has 0 saturated carbocycles. The molecule has 0 aliphatic carbocycles. The lowest BCUT2D eigenvalue weighted by Gasteiger charge is -2.31. The monoisotopic (exact) mass is 390 g/mol. The van der Waals surface area contributed by atoms with E-state index in [0.717, 1.165) is 42.9 Å². The van der Waals surface area contributed by atoms with Gasteiger partial charge in [-0.05, 0) is 66.8 Å². The lowest BCUT2D eigenvalue weighted by molar-refractivity contribution is 0.271. The Morgan fingerprint density at radius 2 is 2.03 bits per heavy atom. The topological polar surface area (TPSA) is 41.1 Å². The molecule has 0 fully saturated rings. The van der Waals surface area contributed by atoms with Gasteiger partial charge < -0.3 is 5.32 Å². The number of aromatic nitrogens is 2. The maximum atomic E-state index is 13.7. The van der Waals surface area contributed by atoms with Crippen LogP contribution in [0.4, 0.5) is 4.39 Å². The average Bonchev–Trinajstić information content (AvgIpc) is 2.69. The maximum absolute atomic E-state index is 13.7. The van der Waals surface area contributed by atoms with Crippen LogP contribution < -0.4 is 5.32 Å². The quantitative estimate of drug-likeness (QED) is 0.668. The van der Waals surface area contributed by atoms with Crippen LogP contribution in [0.3, 0.4) is 0 Å². The number of nitrogens with zero attached hydrogens (tertiary/aromatic N) is 3. The molecule has 0 bridgehead atoms. The standard InChI is InChI=1S/C24H27FN4/c1-16-9-17(2)23(28-12-16)15-29(3)14-20-11-22-19(13-27-20)5-4-6-21(22)18-7-8-26-24(25)10-18/h4-10,12,20,27H,11,13-15H2,1-3H3/t20-/m1/s1. The van der Waals surface area contributed by atoms with Gasteiger partial charge in [-0.25, -0.2) is 4.98 Å². The van der Waals surface area contributed by atoms with Crippen molar-refractivity contribution < 1.29 is 4.39 Å². The van der Waals surface area contributed by atoms with Crippen molar-refractivity contribution in [2.24, 2.45) is 0 Å². The molecule has 1 N–H and O–H groups in total. The number of rotatable bonds is 5. The Hall–Kier alpha value is -2.63. The SMILES string of the molecule is Cc1cnc(CN(C)C[C@H]2Cc3c(cccc3-c3ccnc(F)c3)CN2)c(C)c1. The number of halogens is 1. The molecule has 150 valence electrons. The third-order valence-electron chi connectivity index (χ3n) is 5.62. The van der Waals surface area contributed by atoms with Gasteiger partial charge in [0.25, 0.3) is 0 Å². The summed E-state index contributed by atoms with van der Waals surface area (Å²) in [6.45, 7) is 6.78. The first kappa shape index (κ1) is 19.7. The Bertz CT molecular complexity index is 1020. The molecular weight excluding hydrogens is 363 g/mol. The Morgan fingerprint density at radius 1 is 1.17 bits per heavy atom. The molecule has 3 aromatic rings. The average molecular weight is 391 g/mol. The van der Waals surface area contributed by atoms with Gasteiger partial charge in [-0.3, -0.25) is 9.88 Å². The fraction of sp³-hybridized carbons (Fsp3) is 0.333. The smallest absolute Gasteiger partial charge is 0.213 e. The number of aryl methyl sites for hydroxylation is 2. The minimum Gasteiger partial charge on any atom is -0.308 e. The van der Waals surface area contributed by atoms with E-state index in [2.05, 4.69) is 59.3 Å². The molecule has 2 aromatic heterocycles. The van der Waals surface area contributed by atoms with Gasteiger partial charge in [-0.1, -0.05) is 24.3 Å². The van der Waals surface area contributed by atoms with Gasteiger partial charge in [0.05, 0.1) is 5.69 Å². The van der Waals surface area contributed by atoms with Crippen LogP contribution in [0.5, 0.6) is 0 Å². The summed E-state index contributed by atoms with van der Waals surface area (Å²) in [5, 5.41) is 3.66. The molecule has 0 radical (unpaired) electrons. The highest BCUT2D eigenvalue weighted by Crippen LogP contribution is 2.30. The predicted molar refractivity (Wildman–Crippen MR) is 114 cm³/mol. The number of likely N-dealkylation sites (N-methyl/N-ethyl adjacent to an activating group) is 1. The van der Waals surface area contributed by atoms with Crippen LogP contribution in [0.2, 0.25) is 0 Å². The van der Waals surface area contributed by atoms with Crippen LogP contribution in [0.25, 0.3) is 11.1 Å². The molecule has 3 heterocycles. The summed E-state index contributed by atoms with van der Waals surface area (Å²) >= 11 is 0. The second-order valence-electron chi connectivity index (χ2n) is 8.07. The van der Waals surface area contributed by atoms with E-state index < -0.39 is 5.95 Å². The molecule has 4 nitrogen and oxygen atoms in total. The molecule has 1 aliphatic rings. The summed E-state index contributed by atoms with van der Waals surface area (Å²) in [4.78, 5) is 10.6. The molecule has 5 heteroatoms. The number of benzene rings is 1. The molecule has 1 aliphatic heterocycles. The van der Waals surface area contributed by atoms with E-state index in [4.69, 9.17) is 0 Å². The van der Waals surface area contributed by atoms with E-state index >= 15 is 0 Å². The summed E-state index contributed by atoms with van der Waals surface area (Å²) in [6.07, 6.45) is 4.39. The van der Waals surface area contributed by atoms with Crippen molar-refractivity contribution in [1.82, 2.24) is 20.2 Å². The van der Waals surface area contributed by atoms with Gasteiger partial charge in [-0.15, -0.1) is 0 Å². The first-order chi connectivity index (χ1) is 14.0. The third-order valence-corrected chi connectivity index (χ3v) is 5.62. The fourth-order valence-electron chi connectivity index (χ4n) is 4.19. The second-order valence-corrected chi connectivity index (χ2v) is 8.07.